The van der Waals surface area contributed by atoms with E-state index in [1.54, 1.807) is 30.3 Å². The number of methoxy groups -OCH3 is 3. The minimum atomic E-state index is -0.133. The molecule has 5 heteroatoms. The maximum absolute atomic E-state index is 12.6. The van der Waals surface area contributed by atoms with Gasteiger partial charge in [0.05, 0.1) is 32.1 Å². The molecule has 0 N–H and O–H groups in total. The fourth-order valence-electron chi connectivity index (χ4n) is 2.39. The summed E-state index contributed by atoms with van der Waals surface area (Å²) in [6.07, 6.45) is 0. The van der Waals surface area contributed by atoms with Gasteiger partial charge in [-0.3, -0.25) is 4.79 Å². The summed E-state index contributed by atoms with van der Waals surface area (Å²) in [6, 6.07) is 8.56. The molecule has 3 rings (SSSR count). The summed E-state index contributed by atoms with van der Waals surface area (Å²) in [6.45, 7) is 0. The molecule has 0 aliphatic carbocycles. The Labute approximate surface area is 120 Å². The Morgan fingerprint density at radius 3 is 2.19 bits per heavy atom. The lowest BCUT2D eigenvalue weighted by Crippen LogP contribution is -2.04. The summed E-state index contributed by atoms with van der Waals surface area (Å²) in [7, 11) is 4.56. The number of rotatable bonds is 3. The third kappa shape index (κ3) is 1.89. The molecule has 1 aromatic heterocycles. The second kappa shape index (κ2) is 5.01. The molecule has 0 saturated carbocycles. The van der Waals surface area contributed by atoms with Crippen molar-refractivity contribution in [3.8, 4) is 17.2 Å². The fraction of sp³-hybridized carbons (Fsp3) is 0.188. The van der Waals surface area contributed by atoms with Crippen LogP contribution in [-0.4, -0.2) is 21.3 Å². The molecule has 3 aromatic rings. The van der Waals surface area contributed by atoms with Crippen LogP contribution in [0.25, 0.3) is 21.9 Å². The van der Waals surface area contributed by atoms with Crippen molar-refractivity contribution in [3.05, 3.63) is 40.6 Å². The fourth-order valence-corrected chi connectivity index (χ4v) is 2.39. The van der Waals surface area contributed by atoms with Gasteiger partial charge in [0.1, 0.15) is 0 Å². The first-order chi connectivity index (χ1) is 10.2. The average molecular weight is 286 g/mol. The molecule has 0 fully saturated rings. The van der Waals surface area contributed by atoms with E-state index in [9.17, 15) is 4.79 Å². The number of ether oxygens (including phenoxy) is 3. The van der Waals surface area contributed by atoms with Crippen LogP contribution >= 0.6 is 0 Å². The summed E-state index contributed by atoms with van der Waals surface area (Å²) in [5, 5.41) is 0.905. The number of hydrogen-bond acceptors (Lipinski definition) is 5. The van der Waals surface area contributed by atoms with Gasteiger partial charge in [0.25, 0.3) is 0 Å². The van der Waals surface area contributed by atoms with Gasteiger partial charge in [0, 0.05) is 0 Å². The smallest absolute Gasteiger partial charge is 0.204 e. The minimum Gasteiger partial charge on any atom is -0.493 e. The number of fused-ring (bicyclic) bond motifs is 2. The molecule has 0 amide bonds. The molecule has 0 saturated heterocycles. The van der Waals surface area contributed by atoms with E-state index in [0.29, 0.717) is 39.2 Å². The molecule has 2 aromatic carbocycles. The molecular weight excluding hydrogens is 272 g/mol. The van der Waals surface area contributed by atoms with E-state index in [-0.39, 0.29) is 5.43 Å². The lowest BCUT2D eigenvalue weighted by Gasteiger charge is -2.11. The largest absolute Gasteiger partial charge is 0.493 e. The molecule has 0 bridgehead atoms. The summed E-state index contributed by atoms with van der Waals surface area (Å²) in [5.74, 6) is 1.39. The van der Waals surface area contributed by atoms with Crippen LogP contribution in [0, 0.1) is 0 Å². The molecule has 0 unspecified atom stereocenters. The third-order valence-corrected chi connectivity index (χ3v) is 3.39. The van der Waals surface area contributed by atoms with Gasteiger partial charge in [-0.15, -0.1) is 0 Å². The normalized spacial score (nSPS) is 10.8. The lowest BCUT2D eigenvalue weighted by atomic mass is 10.1. The summed E-state index contributed by atoms with van der Waals surface area (Å²) in [5.41, 5.74) is 0.606. The number of hydrogen-bond donors (Lipinski definition) is 0. The Balaban J connectivity index is 2.54. The van der Waals surface area contributed by atoms with Crippen molar-refractivity contribution in [1.29, 1.82) is 0 Å². The Morgan fingerprint density at radius 2 is 1.52 bits per heavy atom. The van der Waals surface area contributed by atoms with Gasteiger partial charge in [-0.1, -0.05) is 6.07 Å². The van der Waals surface area contributed by atoms with Gasteiger partial charge < -0.3 is 18.6 Å². The van der Waals surface area contributed by atoms with Crippen molar-refractivity contribution in [2.45, 2.75) is 0 Å². The molecular formula is C16H14O5. The summed E-state index contributed by atoms with van der Waals surface area (Å²) < 4.78 is 21.7. The Hall–Kier alpha value is -2.69. The van der Waals surface area contributed by atoms with Crippen LogP contribution in [0.1, 0.15) is 0 Å². The predicted molar refractivity (Wildman–Crippen MR) is 79.6 cm³/mol. The zero-order valence-corrected chi connectivity index (χ0v) is 11.9. The topological polar surface area (TPSA) is 57.9 Å². The van der Waals surface area contributed by atoms with Crippen molar-refractivity contribution in [2.24, 2.45) is 0 Å². The summed E-state index contributed by atoms with van der Waals surface area (Å²) >= 11 is 0. The summed E-state index contributed by atoms with van der Waals surface area (Å²) in [4.78, 5) is 12.6. The first-order valence-electron chi connectivity index (χ1n) is 6.35. The molecule has 0 radical (unpaired) electrons. The zero-order chi connectivity index (χ0) is 15.0. The van der Waals surface area contributed by atoms with E-state index >= 15 is 0 Å². The Morgan fingerprint density at radius 1 is 0.810 bits per heavy atom. The molecule has 0 atom stereocenters. The maximum atomic E-state index is 12.6. The van der Waals surface area contributed by atoms with E-state index in [4.69, 9.17) is 18.6 Å². The second-order valence-electron chi connectivity index (χ2n) is 4.45. The van der Waals surface area contributed by atoms with Crippen LogP contribution in [0.2, 0.25) is 0 Å². The van der Waals surface area contributed by atoms with Gasteiger partial charge in [-0.2, -0.15) is 0 Å². The standard InChI is InChI=1S/C16H14O5/c1-18-11-6-4-5-9-13(17)10-7-8-12(19-2)16(20-3)15(10)21-14(9)11/h4-8H,1-3H3. The highest BCUT2D eigenvalue weighted by Gasteiger charge is 2.17. The van der Waals surface area contributed by atoms with Crippen molar-refractivity contribution in [3.63, 3.8) is 0 Å². The van der Waals surface area contributed by atoms with Gasteiger partial charge in [-0.05, 0) is 24.3 Å². The van der Waals surface area contributed by atoms with Crippen molar-refractivity contribution in [1.82, 2.24) is 0 Å². The van der Waals surface area contributed by atoms with Crippen LogP contribution in [0.5, 0.6) is 17.2 Å². The van der Waals surface area contributed by atoms with Crippen LogP contribution in [0.3, 0.4) is 0 Å². The quantitative estimate of drug-likeness (QED) is 0.693. The zero-order valence-electron chi connectivity index (χ0n) is 11.9. The van der Waals surface area contributed by atoms with Crippen molar-refractivity contribution >= 4 is 21.9 Å². The highest BCUT2D eigenvalue weighted by molar-refractivity contribution is 5.95. The van der Waals surface area contributed by atoms with Crippen LogP contribution in [0.4, 0.5) is 0 Å². The van der Waals surface area contributed by atoms with Gasteiger partial charge in [0.15, 0.2) is 22.7 Å². The molecule has 21 heavy (non-hydrogen) atoms. The van der Waals surface area contributed by atoms with Crippen LogP contribution in [0.15, 0.2) is 39.5 Å². The minimum absolute atomic E-state index is 0.133. The molecule has 0 spiro atoms. The molecule has 0 aliphatic heterocycles. The average Bonchev–Trinajstić information content (AvgIpc) is 2.53. The maximum Gasteiger partial charge on any atom is 0.204 e. The van der Waals surface area contributed by atoms with Crippen LogP contribution in [-0.2, 0) is 0 Å². The monoisotopic (exact) mass is 286 g/mol. The van der Waals surface area contributed by atoms with Crippen molar-refractivity contribution in [2.75, 3.05) is 21.3 Å². The molecule has 1 heterocycles. The van der Waals surface area contributed by atoms with Gasteiger partial charge >= 0.3 is 0 Å². The van der Waals surface area contributed by atoms with E-state index in [1.807, 2.05) is 0 Å². The lowest BCUT2D eigenvalue weighted by molar-refractivity contribution is 0.353. The molecule has 0 aliphatic rings. The highest BCUT2D eigenvalue weighted by atomic mass is 16.5. The molecule has 108 valence electrons. The number of para-hydroxylation sites is 1. The number of benzene rings is 2. The van der Waals surface area contributed by atoms with E-state index in [1.165, 1.54) is 21.3 Å². The van der Waals surface area contributed by atoms with Crippen molar-refractivity contribution < 1.29 is 18.6 Å². The van der Waals surface area contributed by atoms with E-state index in [2.05, 4.69) is 0 Å². The highest BCUT2D eigenvalue weighted by Crippen LogP contribution is 2.37. The first-order valence-corrected chi connectivity index (χ1v) is 6.35. The molecule has 5 nitrogen and oxygen atoms in total. The van der Waals surface area contributed by atoms with Crippen LogP contribution < -0.4 is 19.6 Å². The first kappa shape index (κ1) is 13.3. The third-order valence-electron chi connectivity index (χ3n) is 3.39. The Kier molecular flexibility index (Phi) is 3.17. The predicted octanol–water partition coefficient (Wildman–Crippen LogP) is 2.97. The van der Waals surface area contributed by atoms with E-state index in [0.717, 1.165) is 0 Å². The Bertz CT molecular complexity index is 879. The second-order valence-corrected chi connectivity index (χ2v) is 4.45. The van der Waals surface area contributed by atoms with Gasteiger partial charge in [0.2, 0.25) is 11.2 Å². The SMILES string of the molecule is COc1ccc2c(=O)c3cccc(OC)c3oc2c1OC. The van der Waals surface area contributed by atoms with E-state index < -0.39 is 0 Å². The van der Waals surface area contributed by atoms with Gasteiger partial charge in [-0.25, -0.2) is 0 Å².